The van der Waals surface area contributed by atoms with Crippen LogP contribution in [-0.4, -0.2) is 10.9 Å². The van der Waals surface area contributed by atoms with Crippen molar-refractivity contribution in [2.45, 2.75) is 12.6 Å². The zero-order valence-electron chi connectivity index (χ0n) is 13.0. The zero-order chi connectivity index (χ0) is 18.2. The minimum absolute atomic E-state index is 0.136. The maximum Gasteiger partial charge on any atom is 0.418 e. The van der Waals surface area contributed by atoms with E-state index in [0.717, 1.165) is 6.07 Å². The summed E-state index contributed by atoms with van der Waals surface area (Å²) in [7, 11) is 0. The van der Waals surface area contributed by atoms with E-state index in [1.54, 1.807) is 30.3 Å². The average molecular weight is 345 g/mol. The third-order valence-corrected chi connectivity index (χ3v) is 3.82. The normalized spacial score (nSPS) is 11.6. The number of hydrogen-bond acceptors (Lipinski definition) is 3. The highest BCUT2D eigenvalue weighted by Crippen LogP contribution is 2.38. The van der Waals surface area contributed by atoms with Crippen LogP contribution in [0.5, 0.6) is 0 Å². The van der Waals surface area contributed by atoms with Gasteiger partial charge in [0, 0.05) is 17.3 Å². The number of carbonyl (C=O) groups excluding carboxylic acids is 1. The van der Waals surface area contributed by atoms with E-state index in [-0.39, 0.29) is 11.9 Å². The van der Waals surface area contributed by atoms with Crippen LogP contribution in [0.1, 0.15) is 11.1 Å². The van der Waals surface area contributed by atoms with E-state index < -0.39 is 17.6 Å². The molecule has 0 saturated carbocycles. The number of pyridine rings is 1. The standard InChI is InChI=1S/C18H14F3N3O/c19-18(20,21)14-6-2-5-13-16(10-3-1-4-12(22)7-10)11(8-15(23)25)9-24-17(13)14/h1-7,9H,8,22H2,(H2,23,25). The van der Waals surface area contributed by atoms with Gasteiger partial charge in [-0.15, -0.1) is 0 Å². The molecule has 0 aliphatic carbocycles. The monoisotopic (exact) mass is 345 g/mol. The summed E-state index contributed by atoms with van der Waals surface area (Å²) in [6, 6.07) is 10.6. The maximum absolute atomic E-state index is 13.3. The van der Waals surface area contributed by atoms with E-state index >= 15 is 0 Å². The Hall–Kier alpha value is -3.09. The molecule has 0 aliphatic rings. The van der Waals surface area contributed by atoms with Gasteiger partial charge in [-0.05, 0) is 34.9 Å². The molecule has 3 aromatic rings. The van der Waals surface area contributed by atoms with Crippen LogP contribution in [0.25, 0.3) is 22.0 Å². The molecule has 128 valence electrons. The molecule has 25 heavy (non-hydrogen) atoms. The summed E-state index contributed by atoms with van der Waals surface area (Å²) in [6.07, 6.45) is -3.41. The number of carbonyl (C=O) groups is 1. The van der Waals surface area contributed by atoms with E-state index in [9.17, 15) is 18.0 Å². The van der Waals surface area contributed by atoms with Gasteiger partial charge in [0.15, 0.2) is 0 Å². The third kappa shape index (κ3) is 3.26. The van der Waals surface area contributed by atoms with E-state index in [4.69, 9.17) is 11.5 Å². The molecule has 4 nitrogen and oxygen atoms in total. The largest absolute Gasteiger partial charge is 0.418 e. The van der Waals surface area contributed by atoms with Crippen LogP contribution < -0.4 is 11.5 Å². The number of nitrogens with two attached hydrogens (primary N) is 2. The van der Waals surface area contributed by atoms with Crippen molar-refractivity contribution >= 4 is 22.5 Å². The molecule has 3 rings (SSSR count). The minimum Gasteiger partial charge on any atom is -0.399 e. The highest BCUT2D eigenvalue weighted by atomic mass is 19.4. The summed E-state index contributed by atoms with van der Waals surface area (Å²) in [5.74, 6) is -0.599. The lowest BCUT2D eigenvalue weighted by molar-refractivity contribution is -0.136. The van der Waals surface area contributed by atoms with Crippen LogP contribution in [0.3, 0.4) is 0 Å². The number of anilines is 1. The highest BCUT2D eigenvalue weighted by molar-refractivity contribution is 5.99. The van der Waals surface area contributed by atoms with E-state index in [1.165, 1.54) is 12.3 Å². The van der Waals surface area contributed by atoms with Crippen molar-refractivity contribution in [1.29, 1.82) is 0 Å². The number of hydrogen-bond donors (Lipinski definition) is 2. The molecule has 0 saturated heterocycles. The van der Waals surface area contributed by atoms with Crippen LogP contribution in [0.15, 0.2) is 48.7 Å². The Morgan fingerprint density at radius 1 is 1.12 bits per heavy atom. The molecule has 2 aromatic carbocycles. The van der Waals surface area contributed by atoms with Gasteiger partial charge in [0.25, 0.3) is 0 Å². The number of aromatic nitrogens is 1. The number of fused-ring (bicyclic) bond motifs is 1. The molecule has 4 N–H and O–H groups in total. The molecule has 0 atom stereocenters. The Morgan fingerprint density at radius 2 is 1.84 bits per heavy atom. The van der Waals surface area contributed by atoms with Crippen LogP contribution in [0.2, 0.25) is 0 Å². The third-order valence-electron chi connectivity index (χ3n) is 3.82. The number of amides is 1. The summed E-state index contributed by atoms with van der Waals surface area (Å²) in [4.78, 5) is 15.3. The smallest absolute Gasteiger partial charge is 0.399 e. The summed E-state index contributed by atoms with van der Waals surface area (Å²) in [5.41, 5.74) is 12.0. The Bertz CT molecular complexity index is 967. The molecule has 7 heteroatoms. The second-order valence-corrected chi connectivity index (χ2v) is 5.63. The SMILES string of the molecule is NC(=O)Cc1cnc2c(C(F)(F)F)cccc2c1-c1cccc(N)c1. The van der Waals surface area contributed by atoms with Crippen molar-refractivity contribution in [1.82, 2.24) is 4.98 Å². The number of para-hydroxylation sites is 1. The first-order chi connectivity index (χ1) is 11.8. The fraction of sp³-hybridized carbons (Fsp3) is 0.111. The molecule has 0 spiro atoms. The predicted octanol–water partition coefficient (Wildman–Crippen LogP) is 3.53. The molecule has 0 bridgehead atoms. The summed E-state index contributed by atoms with van der Waals surface area (Å²) >= 11 is 0. The Morgan fingerprint density at radius 3 is 2.48 bits per heavy atom. The lowest BCUT2D eigenvalue weighted by atomic mass is 9.93. The van der Waals surface area contributed by atoms with Gasteiger partial charge in [-0.3, -0.25) is 9.78 Å². The highest BCUT2D eigenvalue weighted by Gasteiger charge is 2.33. The first-order valence-corrected chi connectivity index (χ1v) is 7.39. The summed E-state index contributed by atoms with van der Waals surface area (Å²) in [5, 5.41) is 0.291. The second-order valence-electron chi connectivity index (χ2n) is 5.63. The number of halogens is 3. The van der Waals surface area contributed by atoms with Crippen LogP contribution >= 0.6 is 0 Å². The van der Waals surface area contributed by atoms with Gasteiger partial charge >= 0.3 is 6.18 Å². The molecule has 0 fully saturated rings. The molecule has 1 amide bonds. The fourth-order valence-corrected chi connectivity index (χ4v) is 2.85. The Labute approximate surface area is 141 Å². The van der Waals surface area contributed by atoms with Gasteiger partial charge in [-0.1, -0.05) is 24.3 Å². The van der Waals surface area contributed by atoms with Crippen molar-refractivity contribution in [2.24, 2.45) is 5.73 Å². The maximum atomic E-state index is 13.3. The summed E-state index contributed by atoms with van der Waals surface area (Å²) < 4.78 is 39.9. The van der Waals surface area contributed by atoms with Crippen molar-refractivity contribution in [3.63, 3.8) is 0 Å². The molecule has 0 aliphatic heterocycles. The number of nitrogens with zero attached hydrogens (tertiary/aromatic N) is 1. The lowest BCUT2D eigenvalue weighted by Crippen LogP contribution is -2.15. The second kappa shape index (κ2) is 6.08. The number of benzene rings is 2. The molecule has 0 unspecified atom stereocenters. The number of alkyl halides is 3. The fourth-order valence-electron chi connectivity index (χ4n) is 2.85. The lowest BCUT2D eigenvalue weighted by Gasteiger charge is -2.15. The van der Waals surface area contributed by atoms with Crippen molar-refractivity contribution in [2.75, 3.05) is 5.73 Å². The molecule has 1 aromatic heterocycles. The first-order valence-electron chi connectivity index (χ1n) is 7.39. The number of primary amides is 1. The molecular weight excluding hydrogens is 331 g/mol. The summed E-state index contributed by atoms with van der Waals surface area (Å²) in [6.45, 7) is 0. The topological polar surface area (TPSA) is 82.0 Å². The zero-order valence-corrected chi connectivity index (χ0v) is 13.0. The van der Waals surface area contributed by atoms with Crippen LogP contribution in [0.4, 0.5) is 18.9 Å². The quantitative estimate of drug-likeness (QED) is 0.713. The first kappa shape index (κ1) is 16.8. The molecule has 1 heterocycles. The van der Waals surface area contributed by atoms with E-state index in [2.05, 4.69) is 4.98 Å². The van der Waals surface area contributed by atoms with Gasteiger partial charge in [0.05, 0.1) is 17.5 Å². The Balaban J connectivity index is 2.39. The average Bonchev–Trinajstić information content (AvgIpc) is 2.52. The van der Waals surface area contributed by atoms with Gasteiger partial charge < -0.3 is 11.5 Å². The van der Waals surface area contributed by atoms with Gasteiger partial charge in [-0.2, -0.15) is 13.2 Å². The van der Waals surface area contributed by atoms with Crippen molar-refractivity contribution in [3.8, 4) is 11.1 Å². The van der Waals surface area contributed by atoms with E-state index in [0.29, 0.717) is 27.8 Å². The van der Waals surface area contributed by atoms with Crippen molar-refractivity contribution < 1.29 is 18.0 Å². The Kier molecular flexibility index (Phi) is 4.08. The van der Waals surface area contributed by atoms with Gasteiger partial charge in [0.2, 0.25) is 5.91 Å². The predicted molar refractivity (Wildman–Crippen MR) is 89.5 cm³/mol. The van der Waals surface area contributed by atoms with E-state index in [1.807, 2.05) is 0 Å². The van der Waals surface area contributed by atoms with Gasteiger partial charge in [0.1, 0.15) is 0 Å². The van der Waals surface area contributed by atoms with Gasteiger partial charge in [-0.25, -0.2) is 0 Å². The molecular formula is C18H14F3N3O. The molecule has 0 radical (unpaired) electrons. The van der Waals surface area contributed by atoms with Crippen molar-refractivity contribution in [3.05, 3.63) is 59.8 Å². The van der Waals surface area contributed by atoms with Crippen LogP contribution in [0, 0.1) is 0 Å². The van der Waals surface area contributed by atoms with Crippen LogP contribution in [-0.2, 0) is 17.4 Å². The minimum atomic E-state index is -4.54. The number of rotatable bonds is 3. The number of nitrogen functional groups attached to an aromatic ring is 1.